The highest BCUT2D eigenvalue weighted by Crippen LogP contribution is 2.04. The molecule has 1 aromatic heterocycles. The van der Waals surface area contributed by atoms with E-state index >= 15 is 0 Å². The molecule has 1 heterocycles. The number of carboxylic acid groups (broad SMARTS) is 1. The van der Waals surface area contributed by atoms with E-state index in [0.717, 1.165) is 0 Å². The van der Waals surface area contributed by atoms with Gasteiger partial charge in [-0.25, -0.2) is 9.78 Å². The zero-order valence-corrected chi connectivity index (χ0v) is 9.47. The van der Waals surface area contributed by atoms with Crippen molar-refractivity contribution in [2.24, 2.45) is 13.0 Å². The Balaban J connectivity index is 2.77. The van der Waals surface area contributed by atoms with Gasteiger partial charge in [-0.3, -0.25) is 4.79 Å². The number of carbonyl (C=O) groups is 2. The van der Waals surface area contributed by atoms with Gasteiger partial charge in [-0.05, 0) is 5.92 Å². The van der Waals surface area contributed by atoms with Gasteiger partial charge in [0.15, 0.2) is 0 Å². The Morgan fingerprint density at radius 1 is 1.50 bits per heavy atom. The van der Waals surface area contributed by atoms with Crippen LogP contribution in [-0.2, 0) is 11.8 Å². The summed E-state index contributed by atoms with van der Waals surface area (Å²) in [6, 6.07) is -0.887. The van der Waals surface area contributed by atoms with Crippen LogP contribution in [0, 0.1) is 5.92 Å². The second kappa shape index (κ2) is 4.78. The van der Waals surface area contributed by atoms with E-state index in [-0.39, 0.29) is 5.92 Å². The van der Waals surface area contributed by atoms with E-state index in [2.05, 4.69) is 10.3 Å². The number of imidazole rings is 1. The molecule has 16 heavy (non-hydrogen) atoms. The SMILES string of the molecule is CC(C)C(NC(=O)c1cncn1C)C(=O)O. The summed E-state index contributed by atoms with van der Waals surface area (Å²) in [5.74, 6) is -1.64. The first kappa shape index (κ1) is 12.2. The van der Waals surface area contributed by atoms with Crippen LogP contribution < -0.4 is 5.32 Å². The zero-order valence-electron chi connectivity index (χ0n) is 9.47. The average Bonchev–Trinajstić information content (AvgIpc) is 2.59. The normalized spacial score (nSPS) is 12.5. The Bertz CT molecular complexity index is 398. The van der Waals surface area contributed by atoms with Crippen LogP contribution in [0.1, 0.15) is 24.3 Å². The smallest absolute Gasteiger partial charge is 0.326 e. The Hall–Kier alpha value is -1.85. The van der Waals surface area contributed by atoms with Crippen LogP contribution in [0.3, 0.4) is 0 Å². The fraction of sp³-hybridized carbons (Fsp3) is 0.500. The van der Waals surface area contributed by atoms with E-state index in [1.165, 1.54) is 17.1 Å². The number of aryl methyl sites for hydroxylation is 1. The number of aromatic nitrogens is 2. The number of nitrogens with zero attached hydrogens (tertiary/aromatic N) is 2. The van der Waals surface area contributed by atoms with Gasteiger partial charge in [0, 0.05) is 7.05 Å². The molecule has 0 saturated heterocycles. The van der Waals surface area contributed by atoms with E-state index in [9.17, 15) is 9.59 Å². The summed E-state index contributed by atoms with van der Waals surface area (Å²) in [6.07, 6.45) is 2.88. The molecule has 0 saturated carbocycles. The largest absolute Gasteiger partial charge is 0.480 e. The minimum absolute atomic E-state index is 0.172. The molecular weight excluding hydrogens is 210 g/mol. The maximum absolute atomic E-state index is 11.7. The Morgan fingerprint density at radius 2 is 2.12 bits per heavy atom. The summed E-state index contributed by atoms with van der Waals surface area (Å²) in [5.41, 5.74) is 0.340. The van der Waals surface area contributed by atoms with Gasteiger partial charge in [-0.15, -0.1) is 0 Å². The number of rotatable bonds is 4. The molecule has 0 aliphatic carbocycles. The lowest BCUT2D eigenvalue weighted by molar-refractivity contribution is -0.140. The highest BCUT2D eigenvalue weighted by Gasteiger charge is 2.24. The second-order valence-corrected chi connectivity index (χ2v) is 3.92. The molecule has 0 fully saturated rings. The van der Waals surface area contributed by atoms with Gasteiger partial charge in [0.25, 0.3) is 5.91 Å². The third kappa shape index (κ3) is 2.59. The van der Waals surface area contributed by atoms with Crippen LogP contribution in [0.4, 0.5) is 0 Å². The summed E-state index contributed by atoms with van der Waals surface area (Å²) in [4.78, 5) is 26.4. The first-order valence-electron chi connectivity index (χ1n) is 4.93. The Morgan fingerprint density at radius 3 is 2.50 bits per heavy atom. The van der Waals surface area contributed by atoms with Crippen LogP contribution >= 0.6 is 0 Å². The van der Waals surface area contributed by atoms with Crippen molar-refractivity contribution < 1.29 is 14.7 Å². The number of hydrogen-bond acceptors (Lipinski definition) is 3. The highest BCUT2D eigenvalue weighted by molar-refractivity contribution is 5.95. The molecule has 1 aromatic rings. The summed E-state index contributed by atoms with van der Waals surface area (Å²) >= 11 is 0. The van der Waals surface area contributed by atoms with Crippen molar-refractivity contribution in [2.45, 2.75) is 19.9 Å². The minimum atomic E-state index is -1.04. The maximum Gasteiger partial charge on any atom is 0.326 e. The van der Waals surface area contributed by atoms with Crippen molar-refractivity contribution in [2.75, 3.05) is 0 Å². The molecule has 0 aliphatic rings. The lowest BCUT2D eigenvalue weighted by Crippen LogP contribution is -2.44. The van der Waals surface area contributed by atoms with Crippen molar-refractivity contribution >= 4 is 11.9 Å². The molecule has 0 aromatic carbocycles. The Labute approximate surface area is 93.3 Å². The predicted molar refractivity (Wildman–Crippen MR) is 56.9 cm³/mol. The van der Waals surface area contributed by atoms with Crippen molar-refractivity contribution in [3.05, 3.63) is 18.2 Å². The average molecular weight is 225 g/mol. The molecule has 1 amide bonds. The summed E-state index contributed by atoms with van der Waals surface area (Å²) in [7, 11) is 1.67. The van der Waals surface area contributed by atoms with E-state index < -0.39 is 17.9 Å². The first-order valence-corrected chi connectivity index (χ1v) is 4.93. The van der Waals surface area contributed by atoms with Gasteiger partial charge in [-0.1, -0.05) is 13.8 Å². The second-order valence-electron chi connectivity index (χ2n) is 3.92. The first-order chi connectivity index (χ1) is 7.43. The van der Waals surface area contributed by atoms with Crippen LogP contribution in [0.25, 0.3) is 0 Å². The number of carboxylic acids is 1. The number of aliphatic carboxylic acids is 1. The van der Waals surface area contributed by atoms with E-state index in [0.29, 0.717) is 5.69 Å². The zero-order chi connectivity index (χ0) is 12.3. The molecule has 0 aliphatic heterocycles. The van der Waals surface area contributed by atoms with Crippen molar-refractivity contribution in [3.63, 3.8) is 0 Å². The standard InChI is InChI=1S/C10H15N3O3/c1-6(2)8(10(15)16)12-9(14)7-4-11-5-13(7)3/h4-6,8H,1-3H3,(H,12,14)(H,15,16). The molecule has 1 rings (SSSR count). The lowest BCUT2D eigenvalue weighted by atomic mass is 10.0. The third-order valence-electron chi connectivity index (χ3n) is 2.27. The van der Waals surface area contributed by atoms with Crippen LogP contribution in [0.15, 0.2) is 12.5 Å². The lowest BCUT2D eigenvalue weighted by Gasteiger charge is -2.17. The van der Waals surface area contributed by atoms with Crippen LogP contribution in [0.5, 0.6) is 0 Å². The fourth-order valence-electron chi connectivity index (χ4n) is 1.30. The van der Waals surface area contributed by atoms with Gasteiger partial charge in [0.05, 0.1) is 12.5 Å². The van der Waals surface area contributed by atoms with Crippen molar-refractivity contribution in [1.29, 1.82) is 0 Å². The van der Waals surface area contributed by atoms with Gasteiger partial charge < -0.3 is 15.0 Å². The van der Waals surface area contributed by atoms with Gasteiger partial charge in [0.2, 0.25) is 0 Å². The van der Waals surface area contributed by atoms with E-state index in [4.69, 9.17) is 5.11 Å². The summed E-state index contributed by atoms with van der Waals surface area (Å²) < 4.78 is 1.54. The number of amides is 1. The van der Waals surface area contributed by atoms with E-state index in [1.54, 1.807) is 20.9 Å². The molecule has 0 bridgehead atoms. The topological polar surface area (TPSA) is 84.2 Å². The molecular formula is C10H15N3O3. The summed E-state index contributed by atoms with van der Waals surface area (Å²) in [5, 5.41) is 11.4. The van der Waals surface area contributed by atoms with Crippen molar-refractivity contribution in [1.82, 2.24) is 14.9 Å². The van der Waals surface area contributed by atoms with Crippen molar-refractivity contribution in [3.8, 4) is 0 Å². The molecule has 0 spiro atoms. The Kier molecular flexibility index (Phi) is 3.65. The van der Waals surface area contributed by atoms with Crippen LogP contribution in [0.2, 0.25) is 0 Å². The molecule has 2 N–H and O–H groups in total. The molecule has 6 nitrogen and oxygen atoms in total. The fourth-order valence-corrected chi connectivity index (χ4v) is 1.30. The molecule has 1 atom stereocenters. The van der Waals surface area contributed by atoms with Gasteiger partial charge in [0.1, 0.15) is 11.7 Å². The van der Waals surface area contributed by atoms with Gasteiger partial charge in [-0.2, -0.15) is 0 Å². The third-order valence-corrected chi connectivity index (χ3v) is 2.27. The van der Waals surface area contributed by atoms with Crippen LogP contribution in [-0.4, -0.2) is 32.6 Å². The van der Waals surface area contributed by atoms with E-state index in [1.807, 2.05) is 0 Å². The predicted octanol–water partition coefficient (Wildman–Crippen LogP) is 0.259. The number of carbonyl (C=O) groups excluding carboxylic acids is 1. The minimum Gasteiger partial charge on any atom is -0.480 e. The summed E-state index contributed by atoms with van der Waals surface area (Å²) in [6.45, 7) is 3.48. The molecule has 1 unspecified atom stereocenters. The molecule has 0 radical (unpaired) electrons. The highest BCUT2D eigenvalue weighted by atomic mass is 16.4. The quantitative estimate of drug-likeness (QED) is 0.769. The molecule has 88 valence electrons. The van der Waals surface area contributed by atoms with Gasteiger partial charge >= 0.3 is 5.97 Å². The molecule has 6 heteroatoms. The maximum atomic E-state index is 11.7. The number of nitrogens with one attached hydrogen (secondary N) is 1. The monoisotopic (exact) mass is 225 g/mol. The number of hydrogen-bond donors (Lipinski definition) is 2.